The van der Waals surface area contributed by atoms with E-state index in [0.29, 0.717) is 12.8 Å². The summed E-state index contributed by atoms with van der Waals surface area (Å²) in [6, 6.07) is 0. The van der Waals surface area contributed by atoms with Crippen LogP contribution in [0.5, 0.6) is 0 Å². The topological polar surface area (TPSA) is 52.6 Å². The van der Waals surface area contributed by atoms with Gasteiger partial charge in [-0.2, -0.15) is 0 Å². The minimum absolute atomic E-state index is 0.412. The highest BCUT2D eigenvalue weighted by molar-refractivity contribution is 6.01. The number of rotatable bonds is 3. The second kappa shape index (κ2) is 4.68. The molecular weight excluding hydrogens is 208 g/mol. The molecule has 16 heavy (non-hydrogen) atoms. The smallest absolute Gasteiger partial charge is 0.323 e. The van der Waals surface area contributed by atoms with Crippen molar-refractivity contribution in [1.82, 2.24) is 0 Å². The van der Waals surface area contributed by atoms with Gasteiger partial charge in [0.25, 0.3) is 0 Å². The first-order valence-electron chi connectivity index (χ1n) is 5.36. The fraction of sp³-hybridized carbons (Fsp3) is 0.667. The highest BCUT2D eigenvalue weighted by atomic mass is 16.5. The van der Waals surface area contributed by atoms with Crippen LogP contribution in [0.3, 0.4) is 0 Å². The molecule has 0 heterocycles. The van der Waals surface area contributed by atoms with Crippen LogP contribution in [-0.4, -0.2) is 26.2 Å². The number of hydrogen-bond donors (Lipinski definition) is 0. The summed E-state index contributed by atoms with van der Waals surface area (Å²) in [6.45, 7) is 3.97. The van der Waals surface area contributed by atoms with Crippen molar-refractivity contribution in [3.63, 3.8) is 0 Å². The molecule has 0 atom stereocenters. The summed E-state index contributed by atoms with van der Waals surface area (Å²) in [4.78, 5) is 23.6. The van der Waals surface area contributed by atoms with E-state index in [4.69, 9.17) is 9.47 Å². The van der Waals surface area contributed by atoms with E-state index in [1.165, 1.54) is 14.2 Å². The minimum Gasteiger partial charge on any atom is -0.468 e. The van der Waals surface area contributed by atoms with E-state index in [9.17, 15) is 9.59 Å². The minimum atomic E-state index is -1.14. The number of ether oxygens (including phenoxy) is 2. The van der Waals surface area contributed by atoms with Crippen molar-refractivity contribution in [2.24, 2.45) is 5.41 Å². The van der Waals surface area contributed by atoms with Crippen molar-refractivity contribution >= 4 is 11.9 Å². The molecule has 0 fully saturated rings. The zero-order valence-electron chi connectivity index (χ0n) is 10.3. The van der Waals surface area contributed by atoms with Crippen LogP contribution in [0.1, 0.15) is 33.1 Å². The Bertz CT molecular complexity index is 325. The molecule has 1 rings (SSSR count). The molecule has 0 aromatic heterocycles. The largest absolute Gasteiger partial charge is 0.468 e. The van der Waals surface area contributed by atoms with Gasteiger partial charge in [0, 0.05) is 0 Å². The van der Waals surface area contributed by atoms with Gasteiger partial charge in [0.2, 0.25) is 0 Å². The molecule has 0 N–H and O–H groups in total. The Balaban J connectivity index is 3.04. The Labute approximate surface area is 95.6 Å². The quantitative estimate of drug-likeness (QED) is 0.418. The van der Waals surface area contributed by atoms with Crippen LogP contribution in [0.15, 0.2) is 11.1 Å². The molecule has 0 unspecified atom stereocenters. The molecule has 4 heteroatoms. The van der Waals surface area contributed by atoms with Crippen LogP contribution in [0.2, 0.25) is 0 Å². The normalized spacial score (nSPS) is 18.5. The SMILES string of the molecule is CCC1=C(C)CC(C(=O)OC)(C(=O)OC)C1. The number of carbonyl (C=O) groups excluding carboxylic acids is 2. The average Bonchev–Trinajstić information content (AvgIpc) is 2.65. The maximum absolute atomic E-state index is 11.8. The van der Waals surface area contributed by atoms with Gasteiger partial charge in [0.05, 0.1) is 14.2 Å². The lowest BCUT2D eigenvalue weighted by Gasteiger charge is -2.23. The third-order valence-corrected chi connectivity index (χ3v) is 3.26. The lowest BCUT2D eigenvalue weighted by Crippen LogP contribution is -2.39. The van der Waals surface area contributed by atoms with Crippen LogP contribution in [-0.2, 0) is 19.1 Å². The fourth-order valence-corrected chi connectivity index (χ4v) is 2.34. The Morgan fingerprint density at radius 1 is 1.19 bits per heavy atom. The van der Waals surface area contributed by atoms with Crippen LogP contribution in [0.4, 0.5) is 0 Å². The van der Waals surface area contributed by atoms with E-state index in [1.54, 1.807) is 0 Å². The Hall–Kier alpha value is -1.32. The number of carbonyl (C=O) groups is 2. The molecular formula is C12H18O4. The summed E-state index contributed by atoms with van der Waals surface area (Å²) in [5.74, 6) is -0.996. The van der Waals surface area contributed by atoms with Gasteiger partial charge in [-0.1, -0.05) is 18.1 Å². The van der Waals surface area contributed by atoms with Gasteiger partial charge >= 0.3 is 11.9 Å². The molecule has 4 nitrogen and oxygen atoms in total. The van der Waals surface area contributed by atoms with E-state index in [1.807, 2.05) is 13.8 Å². The molecule has 0 aromatic carbocycles. The van der Waals surface area contributed by atoms with Gasteiger partial charge < -0.3 is 9.47 Å². The van der Waals surface area contributed by atoms with Crippen LogP contribution >= 0.6 is 0 Å². The van der Waals surface area contributed by atoms with Gasteiger partial charge in [0.15, 0.2) is 5.41 Å². The summed E-state index contributed by atoms with van der Waals surface area (Å²) in [5.41, 5.74) is 1.10. The van der Waals surface area contributed by atoms with Crippen molar-refractivity contribution in [3.05, 3.63) is 11.1 Å². The van der Waals surface area contributed by atoms with Gasteiger partial charge in [-0.15, -0.1) is 0 Å². The fourth-order valence-electron chi connectivity index (χ4n) is 2.34. The first-order chi connectivity index (χ1) is 7.51. The molecule has 0 aromatic rings. The van der Waals surface area contributed by atoms with Crippen LogP contribution < -0.4 is 0 Å². The molecule has 0 saturated carbocycles. The van der Waals surface area contributed by atoms with Crippen LogP contribution in [0, 0.1) is 5.41 Å². The monoisotopic (exact) mass is 226 g/mol. The molecule has 0 bridgehead atoms. The summed E-state index contributed by atoms with van der Waals surface area (Å²) >= 11 is 0. The predicted octanol–water partition coefficient (Wildman–Crippen LogP) is 1.84. The zero-order chi connectivity index (χ0) is 12.3. The lowest BCUT2D eigenvalue weighted by molar-refractivity contribution is -0.168. The van der Waals surface area contributed by atoms with Gasteiger partial charge in [0.1, 0.15) is 0 Å². The maximum Gasteiger partial charge on any atom is 0.323 e. The summed E-state index contributed by atoms with van der Waals surface area (Å²) < 4.78 is 9.47. The molecule has 1 aliphatic carbocycles. The van der Waals surface area contributed by atoms with Crippen molar-refractivity contribution in [1.29, 1.82) is 0 Å². The predicted molar refractivity (Wildman–Crippen MR) is 58.7 cm³/mol. The third kappa shape index (κ3) is 1.84. The van der Waals surface area contributed by atoms with Crippen molar-refractivity contribution in [3.8, 4) is 0 Å². The first kappa shape index (κ1) is 12.7. The Morgan fingerprint density at radius 2 is 1.69 bits per heavy atom. The van der Waals surface area contributed by atoms with Crippen LogP contribution in [0.25, 0.3) is 0 Å². The van der Waals surface area contributed by atoms with E-state index < -0.39 is 17.4 Å². The molecule has 0 radical (unpaired) electrons. The van der Waals surface area contributed by atoms with Gasteiger partial charge in [-0.25, -0.2) is 0 Å². The van der Waals surface area contributed by atoms with Gasteiger partial charge in [-0.3, -0.25) is 9.59 Å². The number of methoxy groups -OCH3 is 2. The molecule has 90 valence electrons. The molecule has 0 aliphatic heterocycles. The Morgan fingerprint density at radius 3 is 2.00 bits per heavy atom. The lowest BCUT2D eigenvalue weighted by atomic mass is 9.83. The molecule has 0 spiro atoms. The summed E-state index contributed by atoms with van der Waals surface area (Å²) in [7, 11) is 2.60. The first-order valence-corrected chi connectivity index (χ1v) is 5.36. The van der Waals surface area contributed by atoms with Crippen molar-refractivity contribution in [2.75, 3.05) is 14.2 Å². The van der Waals surface area contributed by atoms with Crippen molar-refractivity contribution < 1.29 is 19.1 Å². The second-order valence-corrected chi connectivity index (χ2v) is 4.16. The molecule has 0 amide bonds. The average molecular weight is 226 g/mol. The van der Waals surface area contributed by atoms with E-state index in [-0.39, 0.29) is 0 Å². The number of esters is 2. The van der Waals surface area contributed by atoms with E-state index >= 15 is 0 Å². The Kier molecular flexibility index (Phi) is 3.73. The third-order valence-electron chi connectivity index (χ3n) is 3.26. The summed E-state index contributed by atoms with van der Waals surface area (Å²) in [5, 5.41) is 0. The number of allylic oxidation sites excluding steroid dienone is 2. The summed E-state index contributed by atoms with van der Waals surface area (Å²) in [6.07, 6.45) is 1.69. The molecule has 1 aliphatic rings. The van der Waals surface area contributed by atoms with Gasteiger partial charge in [-0.05, 0) is 26.2 Å². The standard InChI is InChI=1S/C12H18O4/c1-5-9-7-12(6-8(9)2,10(13)15-3)11(14)16-4/h5-7H2,1-4H3. The second-order valence-electron chi connectivity index (χ2n) is 4.16. The van der Waals surface area contributed by atoms with Crippen molar-refractivity contribution in [2.45, 2.75) is 33.1 Å². The maximum atomic E-state index is 11.8. The van der Waals surface area contributed by atoms with E-state index in [2.05, 4.69) is 0 Å². The number of hydrogen-bond acceptors (Lipinski definition) is 4. The highest BCUT2D eigenvalue weighted by Crippen LogP contribution is 2.44. The molecule has 0 saturated heterocycles. The van der Waals surface area contributed by atoms with E-state index in [0.717, 1.165) is 17.6 Å². The zero-order valence-corrected chi connectivity index (χ0v) is 10.3. The highest BCUT2D eigenvalue weighted by Gasteiger charge is 2.52.